The van der Waals surface area contributed by atoms with Gasteiger partial charge in [-0.25, -0.2) is 14.6 Å². The molecular weight excluding hydrogens is 815 g/mol. The molecule has 3 atom stereocenters. The molecule has 2 aliphatic heterocycles. The van der Waals surface area contributed by atoms with E-state index in [1.54, 1.807) is 30.3 Å². The first-order chi connectivity index (χ1) is 31.1. The van der Waals surface area contributed by atoms with Gasteiger partial charge in [0.05, 0.1) is 110 Å². The number of nitrogens with zero attached hydrogens (tertiary/aromatic N) is 10. The second kappa shape index (κ2) is 24.9. The largest absolute Gasteiger partial charge is 0.487 e. The fourth-order valence-corrected chi connectivity index (χ4v) is 8.29. The molecule has 0 unspecified atom stereocenters. The minimum atomic E-state index is -0.289. The van der Waals surface area contributed by atoms with E-state index in [9.17, 15) is 5.26 Å². The van der Waals surface area contributed by atoms with E-state index in [0.29, 0.717) is 133 Å². The van der Waals surface area contributed by atoms with Gasteiger partial charge in [-0.1, -0.05) is 6.07 Å². The van der Waals surface area contributed by atoms with Crippen molar-refractivity contribution in [1.82, 2.24) is 44.9 Å². The Labute approximate surface area is 368 Å². The van der Waals surface area contributed by atoms with Crippen LogP contribution in [0.25, 0.3) is 11.1 Å². The second-order valence-electron chi connectivity index (χ2n) is 15.8. The van der Waals surface area contributed by atoms with E-state index in [1.165, 1.54) is 19.2 Å². The average molecular weight is 876 g/mol. The minimum absolute atomic E-state index is 0.250. The van der Waals surface area contributed by atoms with Crippen LogP contribution in [0.15, 0.2) is 43.1 Å². The Morgan fingerprint density at radius 1 is 0.778 bits per heavy atom. The SMILES string of the molecule is COCCOCCOCCOCCOCCOCCOc1nn(C2CCC(N3[C@@H]4CC[C@H]3COC4)CC2)cc1Nc1ncc(-c2ccc(C#N)c(O[C@@H](C)Cn3cnnn3)c2)cn1. The highest BCUT2D eigenvalue weighted by molar-refractivity contribution is 5.67. The van der Waals surface area contributed by atoms with Crippen LogP contribution in [0, 0.1) is 11.3 Å². The van der Waals surface area contributed by atoms with Crippen molar-refractivity contribution in [3.8, 4) is 28.8 Å². The molecule has 20 nitrogen and oxygen atoms in total. The molecule has 3 aliphatic rings. The standard InChI is InChI=1S/C43H61N11O9/c1-32(27-52-31-47-50-51-52)63-41-23-33(3-4-34(41)24-44)35-25-45-43(46-26-35)48-40-28-53(36-5-7-37(8-6-36)54-38-9-10-39(54)30-61-29-38)49-42(40)62-22-21-60-20-19-59-18-17-58-16-15-57-14-13-56-12-11-55-2/h3-4,23,25-26,28,31-32,36-39H,5-22,27,29-30H2,1-2H3,(H,45,46,48)/t32-,36?,37?,38-,39+/m0/s1. The molecule has 2 saturated heterocycles. The Morgan fingerprint density at radius 3 is 1.98 bits per heavy atom. The topological polar surface area (TPSA) is 209 Å². The molecule has 1 aliphatic carbocycles. The number of nitriles is 1. The van der Waals surface area contributed by atoms with Gasteiger partial charge in [0.25, 0.3) is 5.88 Å². The van der Waals surface area contributed by atoms with Crippen LogP contribution in [0.5, 0.6) is 11.6 Å². The quantitative estimate of drug-likeness (QED) is 0.0803. The van der Waals surface area contributed by atoms with Gasteiger partial charge in [-0.2, -0.15) is 5.26 Å². The summed E-state index contributed by atoms with van der Waals surface area (Å²) in [6.45, 7) is 9.72. The summed E-state index contributed by atoms with van der Waals surface area (Å²) in [7, 11) is 1.65. The predicted octanol–water partition coefficient (Wildman–Crippen LogP) is 3.86. The molecule has 3 aromatic heterocycles. The lowest BCUT2D eigenvalue weighted by molar-refractivity contribution is -0.0458. The van der Waals surface area contributed by atoms with Crippen molar-refractivity contribution in [2.45, 2.75) is 82.3 Å². The van der Waals surface area contributed by atoms with E-state index in [1.807, 2.05) is 29.9 Å². The van der Waals surface area contributed by atoms with Gasteiger partial charge in [-0.05, 0) is 73.6 Å². The van der Waals surface area contributed by atoms with E-state index in [0.717, 1.165) is 50.0 Å². The molecular formula is C43H61N11O9. The van der Waals surface area contributed by atoms with Crippen LogP contribution in [0.2, 0.25) is 0 Å². The molecule has 5 heterocycles. The third-order valence-electron chi connectivity index (χ3n) is 11.3. The number of ether oxygens (including phenoxy) is 9. The lowest BCUT2D eigenvalue weighted by Crippen LogP contribution is -2.52. The minimum Gasteiger partial charge on any atom is -0.487 e. The number of methoxy groups -OCH3 is 1. The van der Waals surface area contributed by atoms with Crippen molar-refractivity contribution in [3.05, 3.63) is 48.7 Å². The smallest absolute Gasteiger partial charge is 0.257 e. The normalized spacial score (nSPS) is 20.4. The molecule has 342 valence electrons. The highest BCUT2D eigenvalue weighted by Gasteiger charge is 2.42. The summed E-state index contributed by atoms with van der Waals surface area (Å²) in [5, 5.41) is 29.3. The summed E-state index contributed by atoms with van der Waals surface area (Å²) in [5.41, 5.74) is 2.66. The molecule has 0 amide bonds. The van der Waals surface area contributed by atoms with Gasteiger partial charge in [0.2, 0.25) is 5.95 Å². The number of fused-ring (bicyclic) bond motifs is 2. The highest BCUT2D eigenvalue weighted by Crippen LogP contribution is 2.39. The average Bonchev–Trinajstić information content (AvgIpc) is 4.03. The fraction of sp³-hybridized carbons (Fsp3) is 0.651. The maximum Gasteiger partial charge on any atom is 0.257 e. The van der Waals surface area contributed by atoms with E-state index < -0.39 is 0 Å². The Bertz CT molecular complexity index is 1940. The summed E-state index contributed by atoms with van der Waals surface area (Å²) in [4.78, 5) is 12.0. The number of rotatable bonds is 28. The molecule has 3 fully saturated rings. The van der Waals surface area contributed by atoms with E-state index >= 15 is 0 Å². The Kier molecular flexibility index (Phi) is 18.2. The van der Waals surface area contributed by atoms with Crippen molar-refractivity contribution in [2.24, 2.45) is 0 Å². The van der Waals surface area contributed by atoms with Crippen LogP contribution in [0.4, 0.5) is 11.6 Å². The zero-order valence-electron chi connectivity index (χ0n) is 36.4. The number of anilines is 2. The number of hydrogen-bond acceptors (Lipinski definition) is 18. The zero-order valence-corrected chi connectivity index (χ0v) is 36.4. The van der Waals surface area contributed by atoms with Crippen LogP contribution in [-0.2, 0) is 39.7 Å². The molecule has 2 bridgehead atoms. The van der Waals surface area contributed by atoms with E-state index in [4.69, 9.17) is 47.7 Å². The first-order valence-electron chi connectivity index (χ1n) is 22.0. The second-order valence-corrected chi connectivity index (χ2v) is 15.8. The third kappa shape index (κ3) is 13.8. The summed E-state index contributed by atoms with van der Waals surface area (Å²) in [5.74, 6) is 1.30. The number of morpholine rings is 1. The van der Waals surface area contributed by atoms with Crippen molar-refractivity contribution < 1.29 is 42.6 Å². The van der Waals surface area contributed by atoms with Crippen molar-refractivity contribution in [2.75, 3.05) is 105 Å². The van der Waals surface area contributed by atoms with Crippen LogP contribution < -0.4 is 14.8 Å². The molecule has 0 spiro atoms. The zero-order chi connectivity index (χ0) is 43.5. The van der Waals surface area contributed by atoms with E-state index in [2.05, 4.69) is 41.8 Å². The first kappa shape index (κ1) is 46.2. The predicted molar refractivity (Wildman–Crippen MR) is 228 cm³/mol. The van der Waals surface area contributed by atoms with Crippen LogP contribution in [0.1, 0.15) is 57.1 Å². The lowest BCUT2D eigenvalue weighted by atomic mass is 9.89. The molecule has 7 rings (SSSR count). The Morgan fingerprint density at radius 2 is 1.38 bits per heavy atom. The van der Waals surface area contributed by atoms with Crippen molar-refractivity contribution in [1.29, 1.82) is 5.26 Å². The van der Waals surface area contributed by atoms with Gasteiger partial charge in [0.1, 0.15) is 36.5 Å². The molecule has 1 N–H and O–H groups in total. The molecule has 1 aromatic carbocycles. The molecule has 20 heteroatoms. The van der Waals surface area contributed by atoms with Gasteiger partial charge in [-0.15, -0.1) is 10.2 Å². The van der Waals surface area contributed by atoms with Gasteiger partial charge in [0.15, 0.2) is 0 Å². The van der Waals surface area contributed by atoms with E-state index in [-0.39, 0.29) is 12.1 Å². The van der Waals surface area contributed by atoms with Gasteiger partial charge in [-0.3, -0.25) is 9.58 Å². The molecule has 4 aromatic rings. The summed E-state index contributed by atoms with van der Waals surface area (Å²) < 4.78 is 54.6. The summed E-state index contributed by atoms with van der Waals surface area (Å²) >= 11 is 0. The number of aromatic nitrogens is 8. The van der Waals surface area contributed by atoms with Crippen molar-refractivity contribution in [3.63, 3.8) is 0 Å². The molecule has 63 heavy (non-hydrogen) atoms. The third-order valence-corrected chi connectivity index (χ3v) is 11.3. The van der Waals surface area contributed by atoms with Crippen LogP contribution in [0.3, 0.4) is 0 Å². The number of nitrogens with one attached hydrogen (secondary N) is 1. The van der Waals surface area contributed by atoms with Crippen molar-refractivity contribution >= 4 is 11.6 Å². The Hall–Kier alpha value is -4.85. The number of hydrogen-bond donors (Lipinski definition) is 1. The fourth-order valence-electron chi connectivity index (χ4n) is 8.29. The highest BCUT2D eigenvalue weighted by atomic mass is 16.6. The van der Waals surface area contributed by atoms with Crippen LogP contribution >= 0.6 is 0 Å². The summed E-state index contributed by atoms with van der Waals surface area (Å²) in [6, 6.07) is 9.57. The monoisotopic (exact) mass is 875 g/mol. The first-order valence-corrected chi connectivity index (χ1v) is 22.0. The van der Waals surface area contributed by atoms with Gasteiger partial charge < -0.3 is 47.9 Å². The molecule has 1 saturated carbocycles. The number of benzene rings is 1. The maximum atomic E-state index is 9.75. The van der Waals surface area contributed by atoms with Crippen LogP contribution in [-0.4, -0.2) is 169 Å². The van der Waals surface area contributed by atoms with Gasteiger partial charge in [0, 0.05) is 43.2 Å². The maximum absolute atomic E-state index is 9.75. The van der Waals surface area contributed by atoms with Gasteiger partial charge >= 0.3 is 0 Å². The Balaban J connectivity index is 0.893. The summed E-state index contributed by atoms with van der Waals surface area (Å²) in [6.07, 6.45) is 13.5. The molecule has 0 radical (unpaired) electrons. The lowest BCUT2D eigenvalue weighted by Gasteiger charge is -2.43. The number of tetrazole rings is 1.